The molecular weight excluding hydrogens is 442 g/mol. The van der Waals surface area contributed by atoms with Gasteiger partial charge >= 0.3 is 0 Å². The highest BCUT2D eigenvalue weighted by Crippen LogP contribution is 2.34. The molecule has 0 aliphatic heterocycles. The zero-order chi connectivity index (χ0) is 23.8. The average molecular weight is 456 g/mol. The molecule has 5 rings (SSSR count). The number of anilines is 1. The van der Waals surface area contributed by atoms with Crippen LogP contribution in [0.25, 0.3) is 28.3 Å². The fourth-order valence-corrected chi connectivity index (χ4v) is 3.63. The highest BCUT2D eigenvalue weighted by Gasteiger charge is 2.27. The summed E-state index contributed by atoms with van der Waals surface area (Å²) in [6.45, 7) is 0. The van der Waals surface area contributed by atoms with Gasteiger partial charge in [0.1, 0.15) is 35.5 Å². The van der Waals surface area contributed by atoms with Crippen LogP contribution in [0.5, 0.6) is 0 Å². The van der Waals surface area contributed by atoms with E-state index in [-0.39, 0.29) is 23.0 Å². The molecule has 0 saturated carbocycles. The average Bonchev–Trinajstić information content (AvgIpc) is 3.30. The standard InChI is InChI=1S/C23H14F2N8O/c24-14-6-3-7-15(25)17(14)20(34)22-31-23-21(27)30-18(13-5-2-1-4-12(13)10-26)19(33(23)32-22)16-8-9-28-11-29-16/h1-9,11,20,34H,(H2,27,30). The van der Waals surface area contributed by atoms with E-state index < -0.39 is 23.3 Å². The maximum Gasteiger partial charge on any atom is 0.199 e. The number of rotatable bonds is 4. The van der Waals surface area contributed by atoms with E-state index in [1.807, 2.05) is 0 Å². The van der Waals surface area contributed by atoms with E-state index in [1.165, 1.54) is 23.1 Å². The molecule has 0 radical (unpaired) electrons. The second kappa shape index (κ2) is 8.27. The Hall–Kier alpha value is -4.82. The van der Waals surface area contributed by atoms with E-state index in [2.05, 4.69) is 31.1 Å². The molecule has 1 atom stereocenters. The minimum absolute atomic E-state index is 0.0394. The number of aliphatic hydroxyl groups excluding tert-OH is 1. The van der Waals surface area contributed by atoms with Gasteiger partial charge in [-0.05, 0) is 24.3 Å². The van der Waals surface area contributed by atoms with Gasteiger partial charge in [0.15, 0.2) is 17.3 Å². The summed E-state index contributed by atoms with van der Waals surface area (Å²) in [6, 6.07) is 13.7. The first-order valence-electron chi connectivity index (χ1n) is 9.93. The van der Waals surface area contributed by atoms with Crippen molar-refractivity contribution in [3.63, 3.8) is 0 Å². The summed E-state index contributed by atoms with van der Waals surface area (Å²) in [7, 11) is 0. The van der Waals surface area contributed by atoms with Crippen LogP contribution in [0.1, 0.15) is 23.1 Å². The topological polar surface area (TPSA) is 139 Å². The highest BCUT2D eigenvalue weighted by molar-refractivity contribution is 5.83. The Bertz CT molecular complexity index is 1560. The third kappa shape index (κ3) is 3.39. The van der Waals surface area contributed by atoms with Crippen molar-refractivity contribution in [3.05, 3.63) is 89.6 Å². The SMILES string of the molecule is N#Cc1ccccc1-c1nc(N)c2nc(C(O)c3c(F)cccc3F)nn2c1-c1ccncn1. The maximum absolute atomic E-state index is 14.3. The van der Waals surface area contributed by atoms with Gasteiger partial charge in [-0.25, -0.2) is 33.2 Å². The molecule has 3 aromatic heterocycles. The van der Waals surface area contributed by atoms with Crippen molar-refractivity contribution in [3.8, 4) is 28.7 Å². The van der Waals surface area contributed by atoms with Crippen LogP contribution in [0.4, 0.5) is 14.6 Å². The fraction of sp³-hybridized carbons (Fsp3) is 0.0435. The summed E-state index contributed by atoms with van der Waals surface area (Å²) in [4.78, 5) is 16.8. The Morgan fingerprint density at radius 3 is 2.50 bits per heavy atom. The second-order valence-electron chi connectivity index (χ2n) is 7.19. The molecule has 0 fully saturated rings. The molecule has 3 N–H and O–H groups in total. The van der Waals surface area contributed by atoms with Gasteiger partial charge in [-0.3, -0.25) is 0 Å². The van der Waals surface area contributed by atoms with Gasteiger partial charge in [0.05, 0.1) is 22.9 Å². The van der Waals surface area contributed by atoms with Gasteiger partial charge in [0, 0.05) is 11.8 Å². The quantitative estimate of drug-likeness (QED) is 0.421. The first-order valence-corrected chi connectivity index (χ1v) is 9.93. The Morgan fingerprint density at radius 2 is 1.79 bits per heavy atom. The molecule has 0 spiro atoms. The summed E-state index contributed by atoms with van der Waals surface area (Å²) in [5, 5.41) is 24.6. The van der Waals surface area contributed by atoms with Crippen molar-refractivity contribution in [2.24, 2.45) is 0 Å². The molecule has 0 aliphatic rings. The first kappa shape index (κ1) is 21.0. The van der Waals surface area contributed by atoms with E-state index in [0.29, 0.717) is 22.5 Å². The van der Waals surface area contributed by atoms with Gasteiger partial charge in [-0.1, -0.05) is 24.3 Å². The lowest BCUT2D eigenvalue weighted by Crippen LogP contribution is -2.08. The van der Waals surface area contributed by atoms with Gasteiger partial charge < -0.3 is 10.8 Å². The minimum atomic E-state index is -1.81. The van der Waals surface area contributed by atoms with E-state index in [9.17, 15) is 19.1 Å². The molecule has 0 amide bonds. The molecule has 0 bridgehead atoms. The van der Waals surface area contributed by atoms with E-state index >= 15 is 0 Å². The van der Waals surface area contributed by atoms with Crippen molar-refractivity contribution in [1.29, 1.82) is 5.26 Å². The molecule has 0 saturated heterocycles. The van der Waals surface area contributed by atoms with E-state index in [4.69, 9.17) is 5.73 Å². The van der Waals surface area contributed by atoms with Crippen LogP contribution < -0.4 is 5.73 Å². The van der Waals surface area contributed by atoms with Crippen molar-refractivity contribution in [2.45, 2.75) is 6.10 Å². The molecule has 11 heteroatoms. The zero-order valence-corrected chi connectivity index (χ0v) is 17.3. The van der Waals surface area contributed by atoms with E-state index in [0.717, 1.165) is 12.1 Å². The minimum Gasteiger partial charge on any atom is -0.381 e. The molecule has 2 aromatic carbocycles. The highest BCUT2D eigenvalue weighted by atomic mass is 19.1. The third-order valence-electron chi connectivity index (χ3n) is 5.17. The van der Waals surface area contributed by atoms with Crippen LogP contribution in [0.15, 0.2) is 61.1 Å². The van der Waals surface area contributed by atoms with Gasteiger partial charge in [-0.15, -0.1) is 5.10 Å². The summed E-state index contributed by atoms with van der Waals surface area (Å²) in [5.41, 5.74) is 7.36. The van der Waals surface area contributed by atoms with Crippen LogP contribution in [0, 0.1) is 23.0 Å². The summed E-state index contributed by atoms with van der Waals surface area (Å²) in [5.74, 6) is -2.26. The second-order valence-corrected chi connectivity index (χ2v) is 7.19. The lowest BCUT2D eigenvalue weighted by atomic mass is 10.0. The van der Waals surface area contributed by atoms with Crippen LogP contribution in [-0.2, 0) is 0 Å². The van der Waals surface area contributed by atoms with Crippen LogP contribution >= 0.6 is 0 Å². The fourth-order valence-electron chi connectivity index (χ4n) is 3.63. The molecular formula is C23H14F2N8O. The Kier molecular flexibility index (Phi) is 5.12. The Morgan fingerprint density at radius 1 is 1.03 bits per heavy atom. The number of hydrogen-bond donors (Lipinski definition) is 2. The van der Waals surface area contributed by atoms with Crippen molar-refractivity contribution in [1.82, 2.24) is 29.5 Å². The molecule has 9 nitrogen and oxygen atoms in total. The number of nitrogen functional groups attached to an aromatic ring is 1. The van der Waals surface area contributed by atoms with Crippen LogP contribution in [0.3, 0.4) is 0 Å². The predicted octanol–water partition coefficient (Wildman–Crippen LogP) is 3.06. The molecule has 1 unspecified atom stereocenters. The smallest absolute Gasteiger partial charge is 0.199 e. The van der Waals surface area contributed by atoms with Crippen molar-refractivity contribution < 1.29 is 13.9 Å². The Labute approximate surface area is 190 Å². The first-order chi connectivity index (χ1) is 16.5. The number of nitrogens with two attached hydrogens (primary N) is 1. The number of aromatic nitrogens is 6. The van der Waals surface area contributed by atoms with Gasteiger partial charge in [-0.2, -0.15) is 5.26 Å². The molecule has 0 aliphatic carbocycles. The number of nitriles is 1. The number of halogens is 2. The van der Waals surface area contributed by atoms with E-state index in [1.54, 1.807) is 30.3 Å². The van der Waals surface area contributed by atoms with Crippen LogP contribution in [0.2, 0.25) is 0 Å². The molecule has 166 valence electrons. The molecule has 34 heavy (non-hydrogen) atoms. The zero-order valence-electron chi connectivity index (χ0n) is 17.3. The molecule has 3 heterocycles. The van der Waals surface area contributed by atoms with Crippen molar-refractivity contribution >= 4 is 11.5 Å². The number of fused-ring (bicyclic) bond motifs is 1. The normalized spacial score (nSPS) is 11.9. The summed E-state index contributed by atoms with van der Waals surface area (Å²) in [6.07, 6.45) is 1.01. The number of benzene rings is 2. The number of nitrogens with zero attached hydrogens (tertiary/aromatic N) is 7. The predicted molar refractivity (Wildman–Crippen MR) is 117 cm³/mol. The Balaban J connectivity index is 1.82. The van der Waals surface area contributed by atoms with Gasteiger partial charge in [0.25, 0.3) is 0 Å². The third-order valence-corrected chi connectivity index (χ3v) is 5.17. The maximum atomic E-state index is 14.3. The van der Waals surface area contributed by atoms with Gasteiger partial charge in [0.2, 0.25) is 0 Å². The van der Waals surface area contributed by atoms with Crippen molar-refractivity contribution in [2.75, 3.05) is 5.73 Å². The molecule has 5 aromatic rings. The summed E-state index contributed by atoms with van der Waals surface area (Å²) >= 11 is 0. The number of hydrogen-bond acceptors (Lipinski definition) is 8. The lowest BCUT2D eigenvalue weighted by molar-refractivity contribution is 0.199. The number of aliphatic hydroxyl groups is 1. The van der Waals surface area contributed by atoms with Crippen LogP contribution in [-0.4, -0.2) is 34.7 Å². The summed E-state index contributed by atoms with van der Waals surface area (Å²) < 4.78 is 29.9. The largest absolute Gasteiger partial charge is 0.381 e. The lowest BCUT2D eigenvalue weighted by Gasteiger charge is -2.12. The monoisotopic (exact) mass is 456 g/mol.